The fourth-order valence-electron chi connectivity index (χ4n) is 3.94. The predicted octanol–water partition coefficient (Wildman–Crippen LogP) is 3.28. The summed E-state index contributed by atoms with van der Waals surface area (Å²) in [5.74, 6) is 3.19. The summed E-state index contributed by atoms with van der Waals surface area (Å²) in [4.78, 5) is 7.51. The molecule has 2 aliphatic rings. The quantitative estimate of drug-likeness (QED) is 0.527. The largest absolute Gasteiger partial charge is 0.496 e. The fourth-order valence-corrected chi connectivity index (χ4v) is 5.14. The van der Waals surface area contributed by atoms with Crippen LogP contribution in [0, 0.1) is 0 Å². The molecule has 0 aromatic heterocycles. The van der Waals surface area contributed by atoms with Crippen molar-refractivity contribution in [3.05, 3.63) is 29.8 Å². The van der Waals surface area contributed by atoms with Crippen LogP contribution >= 0.6 is 11.8 Å². The Bertz CT molecular complexity index is 598. The van der Waals surface area contributed by atoms with Crippen LogP contribution in [0.2, 0.25) is 0 Å². The van der Waals surface area contributed by atoms with E-state index in [1.54, 1.807) is 7.11 Å². The fraction of sp³-hybridized carbons (Fsp3) is 0.667. The maximum absolute atomic E-state index is 5.65. The third-order valence-electron chi connectivity index (χ3n) is 5.37. The Kier molecular flexibility index (Phi) is 8.14. The van der Waals surface area contributed by atoms with Crippen LogP contribution in [0.15, 0.2) is 29.3 Å². The molecule has 1 aromatic rings. The number of guanidine groups is 1. The molecule has 2 N–H and O–H groups in total. The van der Waals surface area contributed by atoms with E-state index in [2.05, 4.69) is 52.4 Å². The maximum Gasteiger partial charge on any atom is 0.191 e. The Morgan fingerprint density at radius 2 is 2.07 bits per heavy atom. The van der Waals surface area contributed by atoms with Gasteiger partial charge in [0.25, 0.3) is 0 Å². The van der Waals surface area contributed by atoms with Gasteiger partial charge in [-0.2, -0.15) is 11.8 Å². The van der Waals surface area contributed by atoms with Crippen LogP contribution < -0.4 is 15.4 Å². The summed E-state index contributed by atoms with van der Waals surface area (Å²) in [6, 6.07) is 8.65. The summed E-state index contributed by atoms with van der Waals surface area (Å²) < 4.78 is 5.65. The van der Waals surface area contributed by atoms with Gasteiger partial charge in [-0.1, -0.05) is 18.2 Å². The minimum Gasteiger partial charge on any atom is -0.496 e. The van der Waals surface area contributed by atoms with Crippen LogP contribution in [0.5, 0.6) is 5.75 Å². The Morgan fingerprint density at radius 1 is 1.26 bits per heavy atom. The topological polar surface area (TPSA) is 48.9 Å². The zero-order valence-electron chi connectivity index (χ0n) is 16.7. The number of thioether (sulfide) groups is 1. The Morgan fingerprint density at radius 3 is 2.78 bits per heavy atom. The third kappa shape index (κ3) is 5.79. The number of nitrogens with one attached hydrogen (secondary N) is 2. The van der Waals surface area contributed by atoms with E-state index in [-0.39, 0.29) is 6.04 Å². The molecule has 6 heteroatoms. The van der Waals surface area contributed by atoms with E-state index in [1.807, 2.05) is 6.07 Å². The molecular formula is C21H34N4OS. The standard InChI is InChI=1S/C21H34N4OS/c1-3-22-21(23-15-17-9-8-14-27-17)24-16-19(25-12-6-7-13-25)18-10-4-5-11-20(18)26-2/h4-5,10-11,17,19H,3,6-9,12-16H2,1-2H3,(H2,22,23,24). The molecule has 0 spiro atoms. The Labute approximate surface area is 168 Å². The highest BCUT2D eigenvalue weighted by atomic mass is 32.2. The van der Waals surface area contributed by atoms with Gasteiger partial charge >= 0.3 is 0 Å². The summed E-state index contributed by atoms with van der Waals surface area (Å²) in [7, 11) is 1.76. The molecule has 150 valence electrons. The molecule has 0 radical (unpaired) electrons. The molecule has 0 aliphatic carbocycles. The van der Waals surface area contributed by atoms with Crippen molar-refractivity contribution in [3.8, 4) is 5.75 Å². The van der Waals surface area contributed by atoms with Crippen molar-refractivity contribution >= 4 is 17.7 Å². The van der Waals surface area contributed by atoms with Gasteiger partial charge in [-0.25, -0.2) is 0 Å². The number of nitrogens with zero attached hydrogens (tertiary/aromatic N) is 2. The first-order valence-corrected chi connectivity index (χ1v) is 11.4. The van der Waals surface area contributed by atoms with Crippen molar-refractivity contribution in [2.45, 2.75) is 43.9 Å². The molecule has 2 fully saturated rings. The van der Waals surface area contributed by atoms with Crippen molar-refractivity contribution in [2.24, 2.45) is 4.99 Å². The summed E-state index contributed by atoms with van der Waals surface area (Å²) in [5.41, 5.74) is 1.24. The number of methoxy groups -OCH3 is 1. The molecule has 2 unspecified atom stereocenters. The first-order chi connectivity index (χ1) is 13.3. The molecule has 0 amide bonds. The highest BCUT2D eigenvalue weighted by Crippen LogP contribution is 2.32. The number of hydrogen-bond donors (Lipinski definition) is 2. The Hall–Kier alpha value is -1.40. The van der Waals surface area contributed by atoms with Crippen LogP contribution in [0.4, 0.5) is 0 Å². The number of likely N-dealkylation sites (tertiary alicyclic amines) is 1. The Balaban J connectivity index is 1.71. The zero-order chi connectivity index (χ0) is 18.9. The van der Waals surface area contributed by atoms with Crippen LogP contribution in [-0.4, -0.2) is 61.7 Å². The van der Waals surface area contributed by atoms with E-state index in [0.717, 1.165) is 49.7 Å². The van der Waals surface area contributed by atoms with Gasteiger partial charge in [0, 0.05) is 23.9 Å². The predicted molar refractivity (Wildman–Crippen MR) is 116 cm³/mol. The summed E-state index contributed by atoms with van der Waals surface area (Å²) in [6.45, 7) is 7.03. The first kappa shape index (κ1) is 20.3. The van der Waals surface area contributed by atoms with Crippen LogP contribution in [0.3, 0.4) is 0 Å². The average Bonchev–Trinajstić information content (AvgIpc) is 3.41. The van der Waals surface area contributed by atoms with Gasteiger partial charge in [0.15, 0.2) is 5.96 Å². The normalized spacial score (nSPS) is 22.0. The van der Waals surface area contributed by atoms with Crippen molar-refractivity contribution in [3.63, 3.8) is 0 Å². The molecule has 5 nitrogen and oxygen atoms in total. The number of rotatable bonds is 8. The minimum atomic E-state index is 0.264. The van der Waals surface area contributed by atoms with Crippen LogP contribution in [0.25, 0.3) is 0 Å². The monoisotopic (exact) mass is 390 g/mol. The highest BCUT2D eigenvalue weighted by Gasteiger charge is 2.26. The minimum absolute atomic E-state index is 0.264. The lowest BCUT2D eigenvalue weighted by molar-refractivity contribution is 0.245. The first-order valence-electron chi connectivity index (χ1n) is 10.3. The van der Waals surface area contributed by atoms with Crippen LogP contribution in [-0.2, 0) is 0 Å². The van der Waals surface area contributed by atoms with Crippen LogP contribution in [0.1, 0.15) is 44.2 Å². The van der Waals surface area contributed by atoms with E-state index in [1.165, 1.54) is 37.0 Å². The third-order valence-corrected chi connectivity index (χ3v) is 6.77. The molecule has 2 aliphatic heterocycles. The van der Waals surface area contributed by atoms with E-state index in [0.29, 0.717) is 0 Å². The van der Waals surface area contributed by atoms with Gasteiger partial charge in [-0.15, -0.1) is 0 Å². The van der Waals surface area contributed by atoms with Gasteiger partial charge in [0.05, 0.1) is 19.7 Å². The van der Waals surface area contributed by atoms with Crippen molar-refractivity contribution in [2.75, 3.05) is 45.6 Å². The molecule has 3 rings (SSSR count). The summed E-state index contributed by atoms with van der Waals surface area (Å²) in [6.07, 6.45) is 5.20. The second-order valence-electron chi connectivity index (χ2n) is 7.24. The number of benzene rings is 1. The molecule has 2 saturated heterocycles. The molecule has 0 saturated carbocycles. The second kappa shape index (κ2) is 10.8. The second-order valence-corrected chi connectivity index (χ2v) is 8.64. The summed E-state index contributed by atoms with van der Waals surface area (Å²) in [5, 5.41) is 7.69. The van der Waals surface area contributed by atoms with Gasteiger partial charge in [-0.3, -0.25) is 9.89 Å². The number of para-hydroxylation sites is 1. The lowest BCUT2D eigenvalue weighted by Gasteiger charge is -2.28. The highest BCUT2D eigenvalue weighted by molar-refractivity contribution is 8.00. The van der Waals surface area contributed by atoms with E-state index >= 15 is 0 Å². The lowest BCUT2D eigenvalue weighted by atomic mass is 10.0. The smallest absolute Gasteiger partial charge is 0.191 e. The number of ether oxygens (including phenoxy) is 1. The molecule has 0 bridgehead atoms. The van der Waals surface area contributed by atoms with Crippen molar-refractivity contribution in [1.82, 2.24) is 15.5 Å². The SMILES string of the molecule is CCNC(=NCC(c1ccccc1OC)N1CCCC1)NCC1CCCS1. The number of aliphatic imine (C=N–C) groups is 1. The lowest BCUT2D eigenvalue weighted by Crippen LogP contribution is -2.41. The van der Waals surface area contributed by atoms with Gasteiger partial charge in [0.2, 0.25) is 0 Å². The molecule has 2 atom stereocenters. The summed E-state index contributed by atoms with van der Waals surface area (Å²) >= 11 is 2.08. The van der Waals surface area contributed by atoms with Gasteiger partial charge < -0.3 is 15.4 Å². The average molecular weight is 391 g/mol. The molecular weight excluding hydrogens is 356 g/mol. The van der Waals surface area contributed by atoms with E-state index in [4.69, 9.17) is 9.73 Å². The maximum atomic E-state index is 5.65. The van der Waals surface area contributed by atoms with E-state index in [9.17, 15) is 0 Å². The number of hydrogen-bond acceptors (Lipinski definition) is 4. The van der Waals surface area contributed by atoms with E-state index < -0.39 is 0 Å². The molecule has 27 heavy (non-hydrogen) atoms. The van der Waals surface area contributed by atoms with Gasteiger partial charge in [-0.05, 0) is 57.5 Å². The van der Waals surface area contributed by atoms with Crippen molar-refractivity contribution < 1.29 is 4.74 Å². The van der Waals surface area contributed by atoms with Gasteiger partial charge in [0.1, 0.15) is 5.75 Å². The zero-order valence-corrected chi connectivity index (χ0v) is 17.6. The molecule has 1 aromatic carbocycles. The van der Waals surface area contributed by atoms with Crippen molar-refractivity contribution in [1.29, 1.82) is 0 Å². The molecule has 2 heterocycles.